The number of halogens is 3. The summed E-state index contributed by atoms with van der Waals surface area (Å²) in [5.74, 6) is -0.765. The van der Waals surface area contributed by atoms with Crippen molar-refractivity contribution in [2.24, 2.45) is 0 Å². The second-order valence-corrected chi connectivity index (χ2v) is 6.84. The lowest BCUT2D eigenvalue weighted by Crippen LogP contribution is -2.38. The molecule has 1 saturated carbocycles. The van der Waals surface area contributed by atoms with E-state index in [1.165, 1.54) is 13.3 Å². The van der Waals surface area contributed by atoms with Gasteiger partial charge in [-0.1, -0.05) is 19.3 Å². The highest BCUT2D eigenvalue weighted by Crippen LogP contribution is 2.23. The van der Waals surface area contributed by atoms with Crippen LogP contribution >= 0.6 is 0 Å². The van der Waals surface area contributed by atoms with E-state index in [2.05, 4.69) is 10.1 Å². The SMILES string of the molecule is CC(OCC(F)(F)F)C(=O)Nc1ccc(C(=O)N(C)C2CCCCC2)cc1. The molecule has 1 atom stereocenters. The van der Waals surface area contributed by atoms with Gasteiger partial charge in [-0.05, 0) is 44.0 Å². The van der Waals surface area contributed by atoms with Crippen LogP contribution in [0.2, 0.25) is 0 Å². The van der Waals surface area contributed by atoms with Crippen LogP contribution in [-0.4, -0.2) is 48.7 Å². The second kappa shape index (κ2) is 9.21. The van der Waals surface area contributed by atoms with Crippen LogP contribution in [0.3, 0.4) is 0 Å². The first-order chi connectivity index (χ1) is 12.7. The zero-order valence-electron chi connectivity index (χ0n) is 15.5. The molecule has 0 radical (unpaired) electrons. The van der Waals surface area contributed by atoms with Crippen LogP contribution in [0, 0.1) is 0 Å². The summed E-state index contributed by atoms with van der Waals surface area (Å²) in [6.07, 6.45) is -0.258. The molecule has 1 N–H and O–H groups in total. The van der Waals surface area contributed by atoms with Gasteiger partial charge in [0, 0.05) is 24.3 Å². The summed E-state index contributed by atoms with van der Waals surface area (Å²) in [5.41, 5.74) is 0.891. The van der Waals surface area contributed by atoms with Crippen molar-refractivity contribution in [1.29, 1.82) is 0 Å². The fourth-order valence-corrected chi connectivity index (χ4v) is 3.07. The van der Waals surface area contributed by atoms with Crippen LogP contribution in [0.5, 0.6) is 0 Å². The zero-order valence-corrected chi connectivity index (χ0v) is 15.5. The number of ether oxygens (including phenoxy) is 1. The first-order valence-electron chi connectivity index (χ1n) is 9.04. The highest BCUT2D eigenvalue weighted by molar-refractivity contribution is 5.96. The van der Waals surface area contributed by atoms with E-state index in [1.807, 2.05) is 0 Å². The number of amides is 2. The number of anilines is 1. The van der Waals surface area contributed by atoms with E-state index in [0.717, 1.165) is 25.7 Å². The topological polar surface area (TPSA) is 58.6 Å². The molecule has 1 fully saturated rings. The molecule has 0 aromatic heterocycles. The molecule has 1 aromatic rings. The Morgan fingerprint density at radius 3 is 2.33 bits per heavy atom. The van der Waals surface area contributed by atoms with Gasteiger partial charge in [-0.25, -0.2) is 0 Å². The predicted octanol–water partition coefficient (Wildman–Crippen LogP) is 4.00. The highest BCUT2D eigenvalue weighted by Gasteiger charge is 2.30. The van der Waals surface area contributed by atoms with E-state index in [9.17, 15) is 22.8 Å². The summed E-state index contributed by atoms with van der Waals surface area (Å²) < 4.78 is 40.9. The number of carbonyl (C=O) groups is 2. The Hall–Kier alpha value is -2.09. The lowest BCUT2D eigenvalue weighted by molar-refractivity contribution is -0.184. The fraction of sp³-hybridized carbons (Fsp3) is 0.579. The van der Waals surface area contributed by atoms with Crippen LogP contribution < -0.4 is 5.32 Å². The van der Waals surface area contributed by atoms with E-state index in [4.69, 9.17) is 0 Å². The van der Waals surface area contributed by atoms with Crippen molar-refractivity contribution in [3.63, 3.8) is 0 Å². The summed E-state index contributed by atoms with van der Waals surface area (Å²) in [6, 6.07) is 6.54. The molecule has 1 aromatic carbocycles. The molecule has 5 nitrogen and oxygen atoms in total. The quantitative estimate of drug-likeness (QED) is 0.804. The van der Waals surface area contributed by atoms with Crippen LogP contribution in [0.1, 0.15) is 49.4 Å². The maximum Gasteiger partial charge on any atom is 0.411 e. The summed E-state index contributed by atoms with van der Waals surface area (Å²) in [4.78, 5) is 26.2. The average Bonchev–Trinajstić information content (AvgIpc) is 2.65. The molecule has 150 valence electrons. The Kier molecular flexibility index (Phi) is 7.24. The third-order valence-corrected chi connectivity index (χ3v) is 4.71. The molecule has 0 heterocycles. The second-order valence-electron chi connectivity index (χ2n) is 6.84. The largest absolute Gasteiger partial charge is 0.411 e. The summed E-state index contributed by atoms with van der Waals surface area (Å²) in [5, 5.41) is 2.48. The number of hydrogen-bond acceptors (Lipinski definition) is 3. The van der Waals surface area contributed by atoms with Gasteiger partial charge in [-0.15, -0.1) is 0 Å². The van der Waals surface area contributed by atoms with Gasteiger partial charge in [0.1, 0.15) is 12.7 Å². The van der Waals surface area contributed by atoms with Crippen LogP contribution in [0.25, 0.3) is 0 Å². The van der Waals surface area contributed by atoms with Crippen LogP contribution in [0.15, 0.2) is 24.3 Å². The van der Waals surface area contributed by atoms with E-state index in [0.29, 0.717) is 11.3 Å². The Labute approximate surface area is 156 Å². The third-order valence-electron chi connectivity index (χ3n) is 4.71. The molecule has 1 unspecified atom stereocenters. The van der Waals surface area contributed by atoms with Gasteiger partial charge >= 0.3 is 6.18 Å². The first kappa shape index (κ1) is 21.2. The Bertz CT molecular complexity index is 641. The number of nitrogens with one attached hydrogen (secondary N) is 1. The van der Waals surface area contributed by atoms with E-state index in [1.54, 1.807) is 36.2 Å². The van der Waals surface area contributed by atoms with E-state index >= 15 is 0 Å². The molecule has 8 heteroatoms. The van der Waals surface area contributed by atoms with Gasteiger partial charge in [0.2, 0.25) is 0 Å². The van der Waals surface area contributed by atoms with Crippen molar-refractivity contribution in [2.75, 3.05) is 19.0 Å². The Morgan fingerprint density at radius 2 is 1.78 bits per heavy atom. The van der Waals surface area contributed by atoms with Crippen molar-refractivity contribution in [2.45, 2.75) is 57.3 Å². The highest BCUT2D eigenvalue weighted by atomic mass is 19.4. The molecule has 2 rings (SSSR count). The summed E-state index contributed by atoms with van der Waals surface area (Å²) >= 11 is 0. The maximum absolute atomic E-state index is 12.6. The first-order valence-corrected chi connectivity index (χ1v) is 9.04. The smallest absolute Gasteiger partial charge is 0.359 e. The molecule has 27 heavy (non-hydrogen) atoms. The molecule has 0 bridgehead atoms. The lowest BCUT2D eigenvalue weighted by atomic mass is 9.94. The molecule has 0 spiro atoms. The molecular formula is C19H25F3N2O3. The van der Waals surface area contributed by atoms with Gasteiger partial charge in [0.05, 0.1) is 0 Å². The number of hydrogen-bond donors (Lipinski definition) is 1. The average molecular weight is 386 g/mol. The zero-order chi connectivity index (χ0) is 20.0. The van der Waals surface area contributed by atoms with Gasteiger partial charge in [0.25, 0.3) is 11.8 Å². The van der Waals surface area contributed by atoms with Crippen LogP contribution in [-0.2, 0) is 9.53 Å². The minimum Gasteiger partial charge on any atom is -0.359 e. The number of rotatable bonds is 6. The standard InChI is InChI=1S/C19H25F3N2O3/c1-13(27-12-19(20,21)22)17(25)23-15-10-8-14(9-11-15)18(26)24(2)16-6-4-3-5-7-16/h8-11,13,16H,3-7,12H2,1-2H3,(H,23,25). The molecule has 0 saturated heterocycles. The van der Waals surface area contributed by atoms with Crippen molar-refractivity contribution >= 4 is 17.5 Å². The maximum atomic E-state index is 12.6. The van der Waals surface area contributed by atoms with Gasteiger partial charge < -0.3 is 15.0 Å². The monoisotopic (exact) mass is 386 g/mol. The summed E-state index contributed by atoms with van der Waals surface area (Å²) in [6.45, 7) is -0.235. The van der Waals surface area contributed by atoms with Gasteiger partial charge in [0.15, 0.2) is 0 Å². The van der Waals surface area contributed by atoms with E-state index < -0.39 is 24.8 Å². The minimum absolute atomic E-state index is 0.0818. The number of carbonyl (C=O) groups excluding carboxylic acids is 2. The lowest BCUT2D eigenvalue weighted by Gasteiger charge is -2.31. The third kappa shape index (κ3) is 6.53. The normalized spacial score (nSPS) is 16.6. The van der Waals surface area contributed by atoms with Gasteiger partial charge in [-0.2, -0.15) is 13.2 Å². The molecule has 1 aliphatic rings. The Morgan fingerprint density at radius 1 is 1.19 bits per heavy atom. The molecule has 1 aliphatic carbocycles. The number of alkyl halides is 3. The predicted molar refractivity (Wildman–Crippen MR) is 95.5 cm³/mol. The van der Waals surface area contributed by atoms with Crippen molar-refractivity contribution in [3.05, 3.63) is 29.8 Å². The molecule has 0 aliphatic heterocycles. The van der Waals surface area contributed by atoms with Crippen molar-refractivity contribution < 1.29 is 27.5 Å². The fourth-order valence-electron chi connectivity index (χ4n) is 3.07. The number of benzene rings is 1. The number of nitrogens with zero attached hydrogens (tertiary/aromatic N) is 1. The van der Waals surface area contributed by atoms with Crippen molar-refractivity contribution in [3.8, 4) is 0 Å². The molecular weight excluding hydrogens is 361 g/mol. The Balaban J connectivity index is 1.90. The minimum atomic E-state index is -4.49. The van der Waals surface area contributed by atoms with E-state index in [-0.39, 0.29) is 11.9 Å². The molecule has 2 amide bonds. The van der Waals surface area contributed by atoms with Gasteiger partial charge in [-0.3, -0.25) is 9.59 Å². The van der Waals surface area contributed by atoms with Crippen molar-refractivity contribution in [1.82, 2.24) is 4.90 Å². The van der Waals surface area contributed by atoms with Crippen LogP contribution in [0.4, 0.5) is 18.9 Å². The summed E-state index contributed by atoms with van der Waals surface area (Å²) in [7, 11) is 1.80.